The minimum absolute atomic E-state index is 0.175. The smallest absolute Gasteiger partial charge is 0.123 e. The quantitative estimate of drug-likeness (QED) is 0.423. The molecule has 0 nitrogen and oxygen atoms in total. The van der Waals surface area contributed by atoms with Crippen molar-refractivity contribution in [1.82, 2.24) is 0 Å². The van der Waals surface area contributed by atoms with Crippen molar-refractivity contribution < 1.29 is 12.7 Å². The third kappa shape index (κ3) is 4.32. The Hall–Kier alpha value is -1.50. The summed E-state index contributed by atoms with van der Waals surface area (Å²) >= 11 is 0.175. The van der Waals surface area contributed by atoms with Crippen LogP contribution < -0.4 is 0 Å². The average molecular weight is 380 g/mol. The van der Waals surface area contributed by atoms with Crippen LogP contribution in [0.4, 0.5) is 12.7 Å². The molecule has 3 rings (SSSR count). The van der Waals surface area contributed by atoms with Gasteiger partial charge in [0.05, 0.1) is 12.1 Å². The van der Waals surface area contributed by atoms with E-state index >= 15 is 0 Å². The first-order valence-electron chi connectivity index (χ1n) is 6.94. The highest BCUT2D eigenvalue weighted by Crippen LogP contribution is 2.42. The highest BCUT2D eigenvalue weighted by atomic mass is 33.1. The molecule has 0 atom stereocenters. The van der Waals surface area contributed by atoms with Crippen LogP contribution >= 0.6 is 33.7 Å². The van der Waals surface area contributed by atoms with Crippen molar-refractivity contribution in [2.45, 2.75) is 14.7 Å². The molecule has 0 fully saturated rings. The lowest BCUT2D eigenvalue weighted by Crippen LogP contribution is -1.84. The summed E-state index contributed by atoms with van der Waals surface area (Å²) in [6, 6.07) is 17.6. The molecule has 122 valence electrons. The van der Waals surface area contributed by atoms with Gasteiger partial charge in [-0.1, -0.05) is 33.7 Å². The van der Waals surface area contributed by atoms with E-state index < -0.39 is 0 Å². The zero-order valence-electron chi connectivity index (χ0n) is 12.2. The normalized spacial score (nSPS) is 10.8. The van der Waals surface area contributed by atoms with Gasteiger partial charge in [0.2, 0.25) is 0 Å². The Morgan fingerprint density at radius 2 is 1.25 bits per heavy atom. The molecule has 0 amide bonds. The lowest BCUT2D eigenvalue weighted by Gasteiger charge is -2.10. The molecular formula is C18H11F3S3. The van der Waals surface area contributed by atoms with E-state index in [1.807, 2.05) is 0 Å². The summed E-state index contributed by atoms with van der Waals surface area (Å²) in [5, 5.41) is 0. The summed E-state index contributed by atoms with van der Waals surface area (Å²) in [5.74, 6) is -0.609. The molecule has 0 radical (unpaired) electrons. The van der Waals surface area contributed by atoms with E-state index in [0.717, 1.165) is 20.9 Å². The molecule has 0 aliphatic heterocycles. The highest BCUT2D eigenvalue weighted by molar-refractivity contribution is 8.76. The summed E-state index contributed by atoms with van der Waals surface area (Å²) in [6.45, 7) is 0. The molecule has 0 bridgehead atoms. The van der Waals surface area contributed by atoms with Crippen LogP contribution in [0.15, 0.2) is 81.4 Å². The standard InChI is InChI=1S/C18H11F3S3/c19-13-3-8-16(9-4-13)23-24-18-10-5-14(20)11-17(18)12-1-6-15(22-21)7-2-12/h1-11H. The average Bonchev–Trinajstić information content (AvgIpc) is 2.62. The molecule has 0 saturated heterocycles. The second-order valence-corrected chi connectivity index (χ2v) is 7.73. The Labute approximate surface area is 150 Å². The van der Waals surface area contributed by atoms with Crippen LogP contribution in [0.5, 0.6) is 0 Å². The van der Waals surface area contributed by atoms with E-state index in [2.05, 4.69) is 0 Å². The van der Waals surface area contributed by atoms with E-state index in [4.69, 9.17) is 0 Å². The van der Waals surface area contributed by atoms with E-state index in [1.54, 1.807) is 42.5 Å². The van der Waals surface area contributed by atoms with Gasteiger partial charge >= 0.3 is 0 Å². The zero-order chi connectivity index (χ0) is 16.9. The molecular weight excluding hydrogens is 369 g/mol. The molecule has 6 heteroatoms. The summed E-state index contributed by atoms with van der Waals surface area (Å²) in [4.78, 5) is 2.29. The van der Waals surface area contributed by atoms with Crippen LogP contribution in [0.25, 0.3) is 11.1 Å². The number of benzene rings is 3. The maximum atomic E-state index is 13.7. The summed E-state index contributed by atoms with van der Waals surface area (Å²) in [5.41, 5.74) is 1.56. The van der Waals surface area contributed by atoms with Gasteiger partial charge in [0.1, 0.15) is 11.6 Å². The minimum Gasteiger partial charge on any atom is -0.207 e. The zero-order valence-corrected chi connectivity index (χ0v) is 14.7. The lowest BCUT2D eigenvalue weighted by molar-refractivity contribution is 0.626. The molecule has 0 N–H and O–H groups in total. The monoisotopic (exact) mass is 380 g/mol. The van der Waals surface area contributed by atoms with Crippen molar-refractivity contribution in [2.24, 2.45) is 0 Å². The van der Waals surface area contributed by atoms with Crippen molar-refractivity contribution in [1.29, 1.82) is 0 Å². The molecule has 3 aromatic rings. The van der Waals surface area contributed by atoms with Crippen LogP contribution in [-0.4, -0.2) is 0 Å². The van der Waals surface area contributed by atoms with Crippen LogP contribution in [0, 0.1) is 11.6 Å². The second-order valence-electron chi connectivity index (χ2n) is 4.86. The molecule has 0 heterocycles. The Bertz CT molecular complexity index is 818. The van der Waals surface area contributed by atoms with Crippen LogP contribution in [0.3, 0.4) is 0 Å². The predicted octanol–water partition coefficient (Wildman–Crippen LogP) is 7.41. The Morgan fingerprint density at radius 3 is 1.92 bits per heavy atom. The first-order chi connectivity index (χ1) is 11.7. The predicted molar refractivity (Wildman–Crippen MR) is 96.9 cm³/mol. The fraction of sp³-hybridized carbons (Fsp3) is 0. The number of hydrogen-bond acceptors (Lipinski definition) is 3. The first kappa shape index (κ1) is 17.3. The van der Waals surface area contributed by atoms with E-state index in [0.29, 0.717) is 4.90 Å². The van der Waals surface area contributed by atoms with Gasteiger partial charge in [0.15, 0.2) is 0 Å². The van der Waals surface area contributed by atoms with Crippen molar-refractivity contribution in [3.05, 3.63) is 78.4 Å². The van der Waals surface area contributed by atoms with Gasteiger partial charge in [-0.15, -0.1) is 0 Å². The Kier molecular flexibility index (Phi) is 5.81. The highest BCUT2D eigenvalue weighted by Gasteiger charge is 2.09. The first-order valence-corrected chi connectivity index (χ1v) is 9.81. The van der Waals surface area contributed by atoms with Gasteiger partial charge < -0.3 is 0 Å². The number of hydrogen-bond donors (Lipinski definition) is 0. The summed E-state index contributed by atoms with van der Waals surface area (Å²) in [6.07, 6.45) is 0. The molecule has 0 aromatic heterocycles. The number of rotatable bonds is 5. The topological polar surface area (TPSA) is 0 Å². The van der Waals surface area contributed by atoms with Crippen LogP contribution in [-0.2, 0) is 0 Å². The molecule has 0 aliphatic carbocycles. The van der Waals surface area contributed by atoms with Crippen molar-refractivity contribution in [3.63, 3.8) is 0 Å². The van der Waals surface area contributed by atoms with Gasteiger partial charge in [0, 0.05) is 14.7 Å². The number of halogens is 3. The van der Waals surface area contributed by atoms with Gasteiger partial charge in [-0.25, -0.2) is 8.78 Å². The van der Waals surface area contributed by atoms with E-state index in [-0.39, 0.29) is 23.8 Å². The van der Waals surface area contributed by atoms with Gasteiger partial charge in [-0.05, 0) is 65.7 Å². The summed E-state index contributed by atoms with van der Waals surface area (Å²) < 4.78 is 39.2. The fourth-order valence-electron chi connectivity index (χ4n) is 2.07. The van der Waals surface area contributed by atoms with Gasteiger partial charge in [-0.3, -0.25) is 0 Å². The third-order valence-electron chi connectivity index (χ3n) is 3.24. The molecule has 24 heavy (non-hydrogen) atoms. The molecule has 0 saturated carbocycles. The van der Waals surface area contributed by atoms with Gasteiger partial charge in [-0.2, -0.15) is 3.89 Å². The minimum atomic E-state index is -0.329. The van der Waals surface area contributed by atoms with Crippen molar-refractivity contribution in [3.8, 4) is 11.1 Å². The Balaban J connectivity index is 1.85. The van der Waals surface area contributed by atoms with Crippen LogP contribution in [0.2, 0.25) is 0 Å². The fourth-order valence-corrected chi connectivity index (χ4v) is 4.46. The van der Waals surface area contributed by atoms with E-state index in [9.17, 15) is 12.7 Å². The van der Waals surface area contributed by atoms with Crippen molar-refractivity contribution >= 4 is 33.7 Å². The van der Waals surface area contributed by atoms with E-state index in [1.165, 1.54) is 45.9 Å². The second kappa shape index (κ2) is 8.05. The lowest BCUT2D eigenvalue weighted by atomic mass is 10.1. The molecule has 0 aliphatic rings. The maximum absolute atomic E-state index is 13.7. The van der Waals surface area contributed by atoms with Crippen molar-refractivity contribution in [2.75, 3.05) is 0 Å². The maximum Gasteiger partial charge on any atom is 0.123 e. The van der Waals surface area contributed by atoms with Crippen LogP contribution in [0.1, 0.15) is 0 Å². The molecule has 3 aromatic carbocycles. The molecule has 0 unspecified atom stereocenters. The third-order valence-corrected chi connectivity index (χ3v) is 6.14. The molecule has 0 spiro atoms. The van der Waals surface area contributed by atoms with Gasteiger partial charge in [0.25, 0.3) is 0 Å². The Morgan fingerprint density at radius 1 is 0.625 bits per heavy atom. The largest absolute Gasteiger partial charge is 0.207 e. The SMILES string of the molecule is FSc1ccc(-c2cc(F)ccc2SSc2ccc(F)cc2)cc1. The summed E-state index contributed by atoms with van der Waals surface area (Å²) in [7, 11) is 2.94.